The summed E-state index contributed by atoms with van der Waals surface area (Å²) < 4.78 is 27.0. The van der Waals surface area contributed by atoms with E-state index in [-0.39, 0.29) is 5.75 Å². The van der Waals surface area contributed by atoms with Gasteiger partial charge in [-0.2, -0.15) is 0 Å². The van der Waals surface area contributed by atoms with Gasteiger partial charge in [0.25, 0.3) is 0 Å². The lowest BCUT2D eigenvalue weighted by molar-refractivity contribution is 0.597. The Hall–Kier alpha value is -0.550. The Balaban J connectivity index is 2.15. The summed E-state index contributed by atoms with van der Waals surface area (Å²) in [6.45, 7) is 1.94. The van der Waals surface area contributed by atoms with E-state index in [1.807, 2.05) is 25.1 Å². The highest BCUT2D eigenvalue weighted by molar-refractivity contribution is 9.10. The summed E-state index contributed by atoms with van der Waals surface area (Å²) >= 11 is 3.34. The second-order valence-electron chi connectivity index (χ2n) is 4.31. The number of benzene rings is 1. The fourth-order valence-corrected chi connectivity index (χ4v) is 3.54. The molecule has 0 heterocycles. The van der Waals surface area contributed by atoms with Gasteiger partial charge in [0, 0.05) is 4.47 Å². The fraction of sp³-hybridized carbons (Fsp3) is 0.455. The van der Waals surface area contributed by atoms with Gasteiger partial charge in [-0.1, -0.05) is 6.07 Å². The molecule has 1 aliphatic rings. The van der Waals surface area contributed by atoms with Crippen molar-refractivity contribution < 1.29 is 8.42 Å². The second kappa shape index (κ2) is 4.37. The van der Waals surface area contributed by atoms with E-state index in [9.17, 15) is 8.42 Å². The zero-order chi connectivity index (χ0) is 11.8. The number of aryl methyl sites for hydroxylation is 1. The van der Waals surface area contributed by atoms with E-state index in [1.54, 1.807) is 0 Å². The van der Waals surface area contributed by atoms with Crippen LogP contribution < -0.4 is 4.72 Å². The van der Waals surface area contributed by atoms with Crippen LogP contribution in [-0.4, -0.2) is 14.2 Å². The summed E-state index contributed by atoms with van der Waals surface area (Å²) in [5.41, 5.74) is 1.66. The lowest BCUT2D eigenvalue weighted by atomic mass is 10.2. The molecular weight excluding hydrogens is 290 g/mol. The number of sulfonamides is 1. The van der Waals surface area contributed by atoms with Crippen LogP contribution in [0.25, 0.3) is 0 Å². The largest absolute Gasteiger partial charge is 0.282 e. The third-order valence-electron chi connectivity index (χ3n) is 2.54. The summed E-state index contributed by atoms with van der Waals surface area (Å²) in [4.78, 5) is 0. The maximum atomic E-state index is 11.8. The van der Waals surface area contributed by atoms with Crippen LogP contribution in [0.5, 0.6) is 0 Å². The van der Waals surface area contributed by atoms with Gasteiger partial charge in [-0.25, -0.2) is 8.42 Å². The molecule has 5 heteroatoms. The molecule has 0 bridgehead atoms. The molecule has 0 aromatic heterocycles. The van der Waals surface area contributed by atoms with E-state index >= 15 is 0 Å². The Bertz CT molecular complexity index is 495. The van der Waals surface area contributed by atoms with Gasteiger partial charge in [0.2, 0.25) is 10.0 Å². The molecule has 0 atom stereocenters. The van der Waals surface area contributed by atoms with Crippen LogP contribution >= 0.6 is 15.9 Å². The van der Waals surface area contributed by atoms with Crippen molar-refractivity contribution in [3.8, 4) is 0 Å². The molecular formula is C11H14BrNO2S. The molecule has 88 valence electrons. The van der Waals surface area contributed by atoms with Crippen LogP contribution in [0, 0.1) is 12.8 Å². The summed E-state index contributed by atoms with van der Waals surface area (Å²) in [6.07, 6.45) is 2.08. The molecule has 0 saturated heterocycles. The normalized spacial score (nSPS) is 16.1. The van der Waals surface area contributed by atoms with Crippen LogP contribution in [0.3, 0.4) is 0 Å². The standard InChI is InChI=1S/C11H14BrNO2S/c1-8-2-5-10(12)11(6-8)13-16(14,15)7-9-3-4-9/h2,5-6,9,13H,3-4,7H2,1H3. The molecule has 1 saturated carbocycles. The summed E-state index contributed by atoms with van der Waals surface area (Å²) in [7, 11) is -3.19. The Morgan fingerprint density at radius 3 is 2.75 bits per heavy atom. The van der Waals surface area contributed by atoms with Crippen molar-refractivity contribution in [1.29, 1.82) is 0 Å². The second-order valence-corrected chi connectivity index (χ2v) is 6.93. The van der Waals surface area contributed by atoms with Crippen LogP contribution in [0.15, 0.2) is 22.7 Å². The molecule has 0 aliphatic heterocycles. The molecule has 3 nitrogen and oxygen atoms in total. The predicted molar refractivity (Wildman–Crippen MR) is 69.0 cm³/mol. The van der Waals surface area contributed by atoms with E-state index in [0.29, 0.717) is 11.6 Å². The number of halogens is 1. The van der Waals surface area contributed by atoms with E-state index in [2.05, 4.69) is 20.7 Å². The third kappa shape index (κ3) is 3.22. The van der Waals surface area contributed by atoms with Crippen molar-refractivity contribution in [3.05, 3.63) is 28.2 Å². The molecule has 1 aromatic rings. The minimum atomic E-state index is -3.19. The van der Waals surface area contributed by atoms with Gasteiger partial charge in [-0.05, 0) is 59.3 Å². The van der Waals surface area contributed by atoms with Gasteiger partial charge < -0.3 is 0 Å². The summed E-state index contributed by atoms with van der Waals surface area (Å²) in [5.74, 6) is 0.606. The van der Waals surface area contributed by atoms with Crippen molar-refractivity contribution in [3.63, 3.8) is 0 Å². The number of hydrogen-bond acceptors (Lipinski definition) is 2. The first kappa shape index (κ1) is 11.9. The minimum Gasteiger partial charge on any atom is -0.282 e. The first-order chi connectivity index (χ1) is 7.46. The first-order valence-corrected chi connectivity index (χ1v) is 7.67. The van der Waals surface area contributed by atoms with Crippen molar-refractivity contribution in [2.45, 2.75) is 19.8 Å². The molecule has 1 fully saturated rings. The molecule has 1 aromatic carbocycles. The van der Waals surface area contributed by atoms with Crippen LogP contribution in [-0.2, 0) is 10.0 Å². The monoisotopic (exact) mass is 303 g/mol. The Morgan fingerprint density at radius 2 is 2.12 bits per heavy atom. The lowest BCUT2D eigenvalue weighted by Crippen LogP contribution is -2.18. The van der Waals surface area contributed by atoms with Crippen LogP contribution in [0.2, 0.25) is 0 Å². The quantitative estimate of drug-likeness (QED) is 0.929. The van der Waals surface area contributed by atoms with Crippen molar-refractivity contribution in [1.82, 2.24) is 0 Å². The van der Waals surface area contributed by atoms with E-state index in [0.717, 1.165) is 22.9 Å². The highest BCUT2D eigenvalue weighted by Crippen LogP contribution is 2.31. The summed E-state index contributed by atoms with van der Waals surface area (Å²) in [6, 6.07) is 5.61. The van der Waals surface area contributed by atoms with Gasteiger partial charge in [-0.15, -0.1) is 0 Å². The molecule has 0 spiro atoms. The Morgan fingerprint density at radius 1 is 1.44 bits per heavy atom. The van der Waals surface area contributed by atoms with Gasteiger partial charge in [0.05, 0.1) is 11.4 Å². The molecule has 0 amide bonds. The highest BCUT2D eigenvalue weighted by Gasteiger charge is 2.28. The molecule has 0 unspecified atom stereocenters. The predicted octanol–water partition coefficient (Wildman–Crippen LogP) is 2.91. The third-order valence-corrected chi connectivity index (χ3v) is 4.67. The Kier molecular flexibility index (Phi) is 3.26. The molecule has 2 rings (SSSR count). The number of anilines is 1. The zero-order valence-electron chi connectivity index (χ0n) is 9.03. The summed E-state index contributed by atoms with van der Waals surface area (Å²) in [5, 5.41) is 0. The minimum absolute atomic E-state index is 0.243. The van der Waals surface area contributed by atoms with E-state index in [1.165, 1.54) is 0 Å². The number of nitrogens with one attached hydrogen (secondary N) is 1. The smallest absolute Gasteiger partial charge is 0.233 e. The highest BCUT2D eigenvalue weighted by atomic mass is 79.9. The fourth-order valence-electron chi connectivity index (χ4n) is 1.52. The van der Waals surface area contributed by atoms with Crippen molar-refractivity contribution in [2.24, 2.45) is 5.92 Å². The average molecular weight is 304 g/mol. The maximum Gasteiger partial charge on any atom is 0.233 e. The molecule has 0 radical (unpaired) electrons. The number of hydrogen-bond donors (Lipinski definition) is 1. The number of rotatable bonds is 4. The van der Waals surface area contributed by atoms with E-state index in [4.69, 9.17) is 0 Å². The lowest BCUT2D eigenvalue weighted by Gasteiger charge is -2.09. The topological polar surface area (TPSA) is 46.2 Å². The van der Waals surface area contributed by atoms with Gasteiger partial charge in [-0.3, -0.25) is 4.72 Å². The molecule has 1 N–H and O–H groups in total. The van der Waals surface area contributed by atoms with Gasteiger partial charge in [0.1, 0.15) is 0 Å². The van der Waals surface area contributed by atoms with Gasteiger partial charge >= 0.3 is 0 Å². The first-order valence-electron chi connectivity index (χ1n) is 5.23. The van der Waals surface area contributed by atoms with Crippen LogP contribution in [0.1, 0.15) is 18.4 Å². The maximum absolute atomic E-state index is 11.8. The molecule has 1 aliphatic carbocycles. The van der Waals surface area contributed by atoms with Crippen molar-refractivity contribution >= 4 is 31.6 Å². The van der Waals surface area contributed by atoms with Crippen molar-refractivity contribution in [2.75, 3.05) is 10.5 Å². The SMILES string of the molecule is Cc1ccc(Br)c(NS(=O)(=O)CC2CC2)c1. The van der Waals surface area contributed by atoms with Gasteiger partial charge in [0.15, 0.2) is 0 Å². The zero-order valence-corrected chi connectivity index (χ0v) is 11.4. The average Bonchev–Trinajstić information content (AvgIpc) is 2.94. The van der Waals surface area contributed by atoms with Crippen LogP contribution in [0.4, 0.5) is 5.69 Å². The Labute approximate surface area is 104 Å². The van der Waals surface area contributed by atoms with E-state index < -0.39 is 10.0 Å². The molecule has 16 heavy (non-hydrogen) atoms.